The molecular weight excluding hydrogens is 394 g/mol. The number of hydrogen-bond acceptors (Lipinski definition) is 4. The van der Waals surface area contributed by atoms with E-state index in [0.29, 0.717) is 0 Å². The second-order valence-corrected chi connectivity index (χ2v) is 7.67. The summed E-state index contributed by atoms with van der Waals surface area (Å²) >= 11 is 5.23. The third kappa shape index (κ3) is 3.05. The fourth-order valence-corrected chi connectivity index (χ4v) is 4.08. The maximum Gasteiger partial charge on any atom is 0.143 e. The van der Waals surface area contributed by atoms with Crippen LogP contribution in [-0.2, 0) is 0 Å². The molecule has 3 nitrogen and oxygen atoms in total. The highest BCUT2D eigenvalue weighted by Gasteiger charge is 2.14. The number of fused-ring (bicyclic) bond motifs is 1. The van der Waals surface area contributed by atoms with Crippen molar-refractivity contribution in [1.82, 2.24) is 9.97 Å². The molecule has 0 radical (unpaired) electrons. The highest BCUT2D eigenvalue weighted by atomic mass is 79.9. The Bertz CT molecular complexity index is 1070. The van der Waals surface area contributed by atoms with Crippen LogP contribution in [0.4, 0.5) is 11.5 Å². The van der Waals surface area contributed by atoms with Gasteiger partial charge in [-0.2, -0.15) is 0 Å². The monoisotopic (exact) mass is 409 g/mol. The summed E-state index contributed by atoms with van der Waals surface area (Å²) < 4.78 is 1.00. The molecule has 2 heterocycles. The smallest absolute Gasteiger partial charge is 0.143 e. The normalized spacial score (nSPS) is 11.0. The fourth-order valence-electron chi connectivity index (χ4n) is 2.78. The number of halogens is 1. The van der Waals surface area contributed by atoms with Gasteiger partial charge in [0.1, 0.15) is 17.0 Å². The summed E-state index contributed by atoms with van der Waals surface area (Å²) in [5.41, 5.74) is 5.93. The molecule has 124 valence electrons. The second kappa shape index (κ2) is 6.58. The number of para-hydroxylation sites is 1. The van der Waals surface area contributed by atoms with E-state index < -0.39 is 0 Å². The Morgan fingerprint density at radius 1 is 1.00 bits per heavy atom. The third-order valence-electron chi connectivity index (χ3n) is 4.32. The summed E-state index contributed by atoms with van der Waals surface area (Å²) in [5.74, 6) is 0.825. The predicted octanol–water partition coefficient (Wildman–Crippen LogP) is 6.48. The number of aromatic nitrogens is 2. The van der Waals surface area contributed by atoms with E-state index in [1.807, 2.05) is 24.3 Å². The van der Waals surface area contributed by atoms with Crippen LogP contribution in [0.5, 0.6) is 0 Å². The zero-order valence-corrected chi connectivity index (χ0v) is 16.3. The van der Waals surface area contributed by atoms with Gasteiger partial charge in [-0.25, -0.2) is 9.97 Å². The maximum atomic E-state index is 4.51. The number of anilines is 2. The first-order valence-electron chi connectivity index (χ1n) is 7.95. The van der Waals surface area contributed by atoms with Crippen LogP contribution in [0.15, 0.2) is 58.6 Å². The number of benzene rings is 2. The van der Waals surface area contributed by atoms with Crippen molar-refractivity contribution in [3.05, 3.63) is 69.8 Å². The summed E-state index contributed by atoms with van der Waals surface area (Å²) in [6.07, 6.45) is 1.61. The van der Waals surface area contributed by atoms with Crippen LogP contribution < -0.4 is 5.32 Å². The van der Waals surface area contributed by atoms with Crippen molar-refractivity contribution in [3.8, 4) is 11.1 Å². The third-order valence-corrected chi connectivity index (χ3v) is 5.89. The molecule has 0 spiro atoms. The number of nitrogens with one attached hydrogen (secondary N) is 1. The van der Waals surface area contributed by atoms with E-state index in [2.05, 4.69) is 68.6 Å². The number of rotatable bonds is 3. The van der Waals surface area contributed by atoms with Gasteiger partial charge in [-0.15, -0.1) is 11.3 Å². The molecule has 0 fully saturated rings. The largest absolute Gasteiger partial charge is 0.339 e. The lowest BCUT2D eigenvalue weighted by atomic mass is 10.0. The molecule has 0 amide bonds. The minimum atomic E-state index is 0.825. The van der Waals surface area contributed by atoms with Crippen LogP contribution in [0, 0.1) is 13.8 Å². The van der Waals surface area contributed by atoms with Gasteiger partial charge in [-0.1, -0.05) is 30.3 Å². The number of nitrogens with zero attached hydrogens (tertiary/aromatic N) is 2. The number of thiophene rings is 1. The van der Waals surface area contributed by atoms with E-state index in [1.54, 1.807) is 17.7 Å². The van der Waals surface area contributed by atoms with E-state index >= 15 is 0 Å². The van der Waals surface area contributed by atoms with Crippen LogP contribution in [0.25, 0.3) is 21.3 Å². The molecule has 0 saturated carbocycles. The molecule has 4 rings (SSSR count). The molecule has 0 unspecified atom stereocenters. The zero-order chi connectivity index (χ0) is 17.4. The Hall–Kier alpha value is -2.24. The molecule has 0 aliphatic rings. The van der Waals surface area contributed by atoms with Gasteiger partial charge in [0.2, 0.25) is 0 Å². The number of aryl methyl sites for hydroxylation is 2. The molecule has 5 heteroatoms. The minimum absolute atomic E-state index is 0.825. The van der Waals surface area contributed by atoms with Gasteiger partial charge >= 0.3 is 0 Å². The summed E-state index contributed by atoms with van der Waals surface area (Å²) in [7, 11) is 0. The van der Waals surface area contributed by atoms with Crippen molar-refractivity contribution < 1.29 is 0 Å². The van der Waals surface area contributed by atoms with Crippen molar-refractivity contribution in [2.75, 3.05) is 5.32 Å². The van der Waals surface area contributed by atoms with Gasteiger partial charge in [0.25, 0.3) is 0 Å². The Labute approximate surface area is 158 Å². The molecule has 1 N–H and O–H groups in total. The van der Waals surface area contributed by atoms with E-state index in [-0.39, 0.29) is 0 Å². The van der Waals surface area contributed by atoms with Crippen LogP contribution in [0.1, 0.15) is 11.1 Å². The van der Waals surface area contributed by atoms with Crippen LogP contribution in [-0.4, -0.2) is 9.97 Å². The first-order chi connectivity index (χ1) is 12.1. The molecule has 25 heavy (non-hydrogen) atoms. The van der Waals surface area contributed by atoms with Crippen molar-refractivity contribution in [1.29, 1.82) is 0 Å². The van der Waals surface area contributed by atoms with Gasteiger partial charge in [-0.05, 0) is 58.6 Å². The topological polar surface area (TPSA) is 37.8 Å². The van der Waals surface area contributed by atoms with Crippen molar-refractivity contribution in [3.63, 3.8) is 0 Å². The fraction of sp³-hybridized carbons (Fsp3) is 0.100. The molecular formula is C20H16BrN3S. The van der Waals surface area contributed by atoms with E-state index in [9.17, 15) is 0 Å². The van der Waals surface area contributed by atoms with Gasteiger partial charge in [0, 0.05) is 15.4 Å². The highest BCUT2D eigenvalue weighted by molar-refractivity contribution is 9.10. The Kier molecular flexibility index (Phi) is 4.27. The van der Waals surface area contributed by atoms with Gasteiger partial charge in [0.15, 0.2) is 0 Å². The zero-order valence-electron chi connectivity index (χ0n) is 13.9. The molecule has 0 bridgehead atoms. The summed E-state index contributed by atoms with van der Waals surface area (Å²) in [6, 6.07) is 14.6. The Balaban J connectivity index is 1.87. The SMILES string of the molecule is Cc1ccc(-c2csc3ncnc(Nc4ccccc4Br)c23)cc1C. The molecule has 2 aromatic heterocycles. The lowest BCUT2D eigenvalue weighted by Crippen LogP contribution is -1.96. The summed E-state index contributed by atoms with van der Waals surface area (Å²) in [5, 5.41) is 6.67. The molecule has 0 atom stereocenters. The van der Waals surface area contributed by atoms with E-state index in [1.165, 1.54) is 22.3 Å². The molecule has 4 aromatic rings. The summed E-state index contributed by atoms with van der Waals surface area (Å²) in [4.78, 5) is 9.94. The second-order valence-electron chi connectivity index (χ2n) is 5.96. The van der Waals surface area contributed by atoms with Gasteiger partial charge in [-0.3, -0.25) is 0 Å². The average molecular weight is 410 g/mol. The van der Waals surface area contributed by atoms with Gasteiger partial charge < -0.3 is 5.32 Å². The van der Waals surface area contributed by atoms with E-state index in [4.69, 9.17) is 0 Å². The first-order valence-corrected chi connectivity index (χ1v) is 9.62. The van der Waals surface area contributed by atoms with Gasteiger partial charge in [0.05, 0.1) is 11.1 Å². The van der Waals surface area contributed by atoms with Crippen molar-refractivity contribution >= 4 is 49.0 Å². The lowest BCUT2D eigenvalue weighted by Gasteiger charge is -2.10. The quantitative estimate of drug-likeness (QED) is 0.420. The highest BCUT2D eigenvalue weighted by Crippen LogP contribution is 2.38. The Morgan fingerprint density at radius 2 is 1.84 bits per heavy atom. The van der Waals surface area contributed by atoms with E-state index in [0.717, 1.165) is 26.2 Å². The molecule has 2 aromatic carbocycles. The Morgan fingerprint density at radius 3 is 2.64 bits per heavy atom. The lowest BCUT2D eigenvalue weighted by molar-refractivity contribution is 1.23. The average Bonchev–Trinajstić information content (AvgIpc) is 3.04. The molecule has 0 aliphatic heterocycles. The summed E-state index contributed by atoms with van der Waals surface area (Å²) in [6.45, 7) is 4.28. The van der Waals surface area contributed by atoms with Crippen LogP contribution in [0.2, 0.25) is 0 Å². The first kappa shape index (κ1) is 16.2. The van der Waals surface area contributed by atoms with Crippen molar-refractivity contribution in [2.24, 2.45) is 0 Å². The van der Waals surface area contributed by atoms with Crippen LogP contribution in [0.3, 0.4) is 0 Å². The van der Waals surface area contributed by atoms with Crippen LogP contribution >= 0.6 is 27.3 Å². The number of hydrogen-bond donors (Lipinski definition) is 1. The molecule has 0 saturated heterocycles. The van der Waals surface area contributed by atoms with Crippen molar-refractivity contribution in [2.45, 2.75) is 13.8 Å². The standard InChI is InChI=1S/C20H16BrN3S/c1-12-7-8-14(9-13(12)2)15-10-25-20-18(15)19(22-11-23-20)24-17-6-4-3-5-16(17)21/h3-11H,1-2H3,(H,22,23,24). The molecule has 0 aliphatic carbocycles. The minimum Gasteiger partial charge on any atom is -0.339 e. The predicted molar refractivity (Wildman–Crippen MR) is 110 cm³/mol. The maximum absolute atomic E-state index is 4.51.